The summed E-state index contributed by atoms with van der Waals surface area (Å²) < 4.78 is 5.61. The average Bonchev–Trinajstić information content (AvgIpc) is 2.63. The van der Waals surface area contributed by atoms with Crippen LogP contribution in [0.4, 0.5) is 5.69 Å². The van der Waals surface area contributed by atoms with Crippen molar-refractivity contribution in [3.8, 4) is 11.5 Å². The predicted octanol–water partition coefficient (Wildman–Crippen LogP) is 3.61. The van der Waals surface area contributed by atoms with Crippen LogP contribution in [-0.4, -0.2) is 29.1 Å². The van der Waals surface area contributed by atoms with Crippen molar-refractivity contribution in [2.45, 2.75) is 13.8 Å². The summed E-state index contributed by atoms with van der Waals surface area (Å²) in [6.07, 6.45) is 1.43. The van der Waals surface area contributed by atoms with Gasteiger partial charge in [0.2, 0.25) is 0 Å². The molecule has 0 spiro atoms. The first kappa shape index (κ1) is 20.0. The molecule has 8 heteroatoms. The number of methoxy groups -OCH3 is 1. The van der Waals surface area contributed by atoms with Crippen molar-refractivity contribution in [2.24, 2.45) is 0 Å². The number of aryl methyl sites for hydroxylation is 2. The molecule has 144 valence electrons. The number of phenolic OH excluding ortho intramolecular Hbond substituents is 1. The summed E-state index contributed by atoms with van der Waals surface area (Å²) in [5, 5.41) is 12.5. The van der Waals surface area contributed by atoms with Crippen molar-refractivity contribution in [3.05, 3.63) is 57.1 Å². The minimum Gasteiger partial charge on any atom is -0.504 e. The van der Waals surface area contributed by atoms with Crippen LogP contribution < -0.4 is 15.0 Å². The number of benzene rings is 2. The van der Waals surface area contributed by atoms with Gasteiger partial charge < -0.3 is 9.84 Å². The highest BCUT2D eigenvalue weighted by molar-refractivity contribution is 9.10. The minimum atomic E-state index is -0.588. The topological polar surface area (TPSA) is 78.9 Å². The predicted molar refractivity (Wildman–Crippen MR) is 114 cm³/mol. The third-order valence-electron chi connectivity index (χ3n) is 4.31. The number of hydrogen-bond donors (Lipinski definition) is 2. The van der Waals surface area contributed by atoms with Crippen molar-refractivity contribution in [3.63, 3.8) is 0 Å². The van der Waals surface area contributed by atoms with Gasteiger partial charge in [0.1, 0.15) is 5.57 Å². The molecule has 1 fully saturated rings. The van der Waals surface area contributed by atoms with Gasteiger partial charge in [0.05, 0.1) is 12.8 Å². The van der Waals surface area contributed by atoms with E-state index in [0.29, 0.717) is 15.7 Å². The fourth-order valence-corrected chi connectivity index (χ4v) is 3.54. The highest BCUT2D eigenvalue weighted by Crippen LogP contribution is 2.34. The maximum Gasteiger partial charge on any atom is 0.270 e. The molecule has 0 bridgehead atoms. The molecule has 0 atom stereocenters. The quantitative estimate of drug-likeness (QED) is 0.415. The van der Waals surface area contributed by atoms with Crippen molar-refractivity contribution in [2.75, 3.05) is 12.0 Å². The molecule has 2 aromatic rings. The van der Waals surface area contributed by atoms with E-state index in [9.17, 15) is 14.7 Å². The number of thiocarbonyl (C=S) groups is 1. The Bertz CT molecular complexity index is 1050. The first-order valence-corrected chi connectivity index (χ1v) is 9.48. The average molecular weight is 461 g/mol. The van der Waals surface area contributed by atoms with Crippen LogP contribution in [0.3, 0.4) is 0 Å². The molecule has 28 heavy (non-hydrogen) atoms. The Morgan fingerprint density at radius 1 is 1.21 bits per heavy atom. The second-order valence-electron chi connectivity index (χ2n) is 6.29. The smallest absolute Gasteiger partial charge is 0.270 e. The Labute approximate surface area is 175 Å². The summed E-state index contributed by atoms with van der Waals surface area (Å²) in [4.78, 5) is 26.9. The van der Waals surface area contributed by atoms with Gasteiger partial charge >= 0.3 is 0 Å². The standard InChI is InChI=1S/C20H17BrN2O4S/c1-10-4-5-11(2)15(6-10)23-19(26)13(18(25)22-20(23)28)7-12-8-17(27-3)16(24)9-14(12)21/h4-9,24H,1-3H3,(H,22,25,28). The second-order valence-corrected chi connectivity index (χ2v) is 7.53. The zero-order valence-electron chi connectivity index (χ0n) is 15.4. The van der Waals surface area contributed by atoms with Crippen LogP contribution in [0.25, 0.3) is 6.08 Å². The van der Waals surface area contributed by atoms with Gasteiger partial charge in [0.25, 0.3) is 11.8 Å². The fourth-order valence-electron chi connectivity index (χ4n) is 2.82. The van der Waals surface area contributed by atoms with Crippen LogP contribution in [0.15, 0.2) is 40.4 Å². The molecule has 3 rings (SSSR count). The lowest BCUT2D eigenvalue weighted by Crippen LogP contribution is -2.54. The summed E-state index contributed by atoms with van der Waals surface area (Å²) in [6, 6.07) is 8.63. The number of carbonyl (C=O) groups is 2. The van der Waals surface area contributed by atoms with E-state index in [1.54, 1.807) is 0 Å². The monoisotopic (exact) mass is 460 g/mol. The number of carbonyl (C=O) groups excluding carboxylic acids is 2. The fraction of sp³-hybridized carbons (Fsp3) is 0.150. The number of anilines is 1. The third kappa shape index (κ3) is 3.65. The molecule has 0 saturated carbocycles. The second kappa shape index (κ2) is 7.73. The van der Waals surface area contributed by atoms with E-state index in [4.69, 9.17) is 17.0 Å². The minimum absolute atomic E-state index is 0.0307. The van der Waals surface area contributed by atoms with Gasteiger partial charge in [-0.1, -0.05) is 28.1 Å². The SMILES string of the molecule is COc1cc(C=C2C(=O)NC(=S)N(c3cc(C)ccc3C)C2=O)c(Br)cc1O. The lowest BCUT2D eigenvalue weighted by Gasteiger charge is -2.30. The Morgan fingerprint density at radius 3 is 2.61 bits per heavy atom. The number of nitrogens with zero attached hydrogens (tertiary/aromatic N) is 1. The van der Waals surface area contributed by atoms with E-state index >= 15 is 0 Å². The largest absolute Gasteiger partial charge is 0.504 e. The zero-order chi connectivity index (χ0) is 20.6. The summed E-state index contributed by atoms with van der Waals surface area (Å²) in [5.41, 5.74) is 2.85. The molecule has 1 heterocycles. The van der Waals surface area contributed by atoms with Crippen LogP contribution in [-0.2, 0) is 9.59 Å². The van der Waals surface area contributed by atoms with E-state index in [2.05, 4.69) is 21.2 Å². The van der Waals surface area contributed by atoms with E-state index in [1.165, 1.54) is 30.2 Å². The molecular formula is C20H17BrN2O4S. The van der Waals surface area contributed by atoms with E-state index in [0.717, 1.165) is 11.1 Å². The van der Waals surface area contributed by atoms with Crippen molar-refractivity contribution in [1.29, 1.82) is 0 Å². The number of phenols is 1. The van der Waals surface area contributed by atoms with Crippen molar-refractivity contribution >= 4 is 56.8 Å². The molecule has 2 N–H and O–H groups in total. The summed E-state index contributed by atoms with van der Waals surface area (Å²) in [6.45, 7) is 3.78. The van der Waals surface area contributed by atoms with Gasteiger partial charge in [-0.3, -0.25) is 19.8 Å². The van der Waals surface area contributed by atoms with E-state index in [1.807, 2.05) is 32.0 Å². The molecule has 1 aliphatic heterocycles. The Hall–Kier alpha value is -2.71. The van der Waals surface area contributed by atoms with Crippen molar-refractivity contribution in [1.82, 2.24) is 5.32 Å². The number of halogens is 1. The van der Waals surface area contributed by atoms with Gasteiger partial charge in [-0.05, 0) is 67.0 Å². The third-order valence-corrected chi connectivity index (χ3v) is 5.28. The summed E-state index contributed by atoms with van der Waals surface area (Å²) in [7, 11) is 1.42. The molecule has 2 aromatic carbocycles. The molecule has 1 aliphatic rings. The lowest BCUT2D eigenvalue weighted by atomic mass is 10.0. The highest BCUT2D eigenvalue weighted by atomic mass is 79.9. The van der Waals surface area contributed by atoms with Crippen LogP contribution >= 0.6 is 28.1 Å². The summed E-state index contributed by atoms with van der Waals surface area (Å²) in [5.74, 6) is -0.952. The Kier molecular flexibility index (Phi) is 5.53. The van der Waals surface area contributed by atoms with Gasteiger partial charge in [-0.2, -0.15) is 0 Å². The normalized spacial score (nSPS) is 15.8. The zero-order valence-corrected chi connectivity index (χ0v) is 17.8. The molecule has 0 unspecified atom stereocenters. The van der Waals surface area contributed by atoms with Crippen LogP contribution in [0.1, 0.15) is 16.7 Å². The Balaban J connectivity index is 2.10. The van der Waals surface area contributed by atoms with Gasteiger partial charge in [-0.15, -0.1) is 0 Å². The Morgan fingerprint density at radius 2 is 1.93 bits per heavy atom. The van der Waals surface area contributed by atoms with E-state index < -0.39 is 11.8 Å². The number of hydrogen-bond acceptors (Lipinski definition) is 5. The molecule has 6 nitrogen and oxygen atoms in total. The maximum absolute atomic E-state index is 13.2. The molecule has 0 aromatic heterocycles. The number of amides is 2. The summed E-state index contributed by atoms with van der Waals surface area (Å²) >= 11 is 8.58. The van der Waals surface area contributed by atoms with Crippen LogP contribution in [0.2, 0.25) is 0 Å². The molecule has 0 aliphatic carbocycles. The number of rotatable bonds is 3. The molecule has 2 amide bonds. The number of nitrogens with one attached hydrogen (secondary N) is 1. The van der Waals surface area contributed by atoms with Gasteiger partial charge in [0, 0.05) is 4.47 Å². The first-order valence-electron chi connectivity index (χ1n) is 8.28. The first-order chi connectivity index (χ1) is 13.2. The maximum atomic E-state index is 13.2. The van der Waals surface area contributed by atoms with Gasteiger partial charge in [-0.25, -0.2) is 0 Å². The van der Waals surface area contributed by atoms with Crippen molar-refractivity contribution < 1.29 is 19.4 Å². The molecule has 1 saturated heterocycles. The molecular weight excluding hydrogens is 444 g/mol. The lowest BCUT2D eigenvalue weighted by molar-refractivity contribution is -0.122. The number of ether oxygens (including phenoxy) is 1. The van der Waals surface area contributed by atoms with Crippen LogP contribution in [0, 0.1) is 13.8 Å². The number of aromatic hydroxyl groups is 1. The van der Waals surface area contributed by atoms with Gasteiger partial charge in [0.15, 0.2) is 16.6 Å². The van der Waals surface area contributed by atoms with Crippen LogP contribution in [0.5, 0.6) is 11.5 Å². The molecule has 0 radical (unpaired) electrons. The van der Waals surface area contributed by atoms with E-state index in [-0.39, 0.29) is 22.2 Å². The highest BCUT2D eigenvalue weighted by Gasteiger charge is 2.35.